The summed E-state index contributed by atoms with van der Waals surface area (Å²) in [6.45, 7) is 4.22. The second-order valence-corrected chi connectivity index (χ2v) is 4.86. The Morgan fingerprint density at radius 2 is 1.71 bits per heavy atom. The summed E-state index contributed by atoms with van der Waals surface area (Å²) in [7, 11) is 0. The van der Waals surface area contributed by atoms with Crippen molar-refractivity contribution in [2.24, 2.45) is 0 Å². The molecule has 0 saturated carbocycles. The molecule has 0 heterocycles. The molecular weight excluding hydrogens is 262 g/mol. The van der Waals surface area contributed by atoms with Crippen molar-refractivity contribution < 1.29 is 4.79 Å². The number of carbonyl (C=O) groups excluding carboxylic acids is 1. The molecular formula is C17H17N3O. The maximum Gasteiger partial charge on any atom is 0.243 e. The van der Waals surface area contributed by atoms with Gasteiger partial charge in [0.15, 0.2) is 0 Å². The first-order chi connectivity index (χ1) is 10.1. The molecule has 0 unspecified atom stereocenters. The highest BCUT2D eigenvalue weighted by Crippen LogP contribution is 2.19. The Hall–Kier alpha value is -2.80. The number of para-hydroxylation sites is 1. The number of aryl methyl sites for hydroxylation is 2. The molecule has 4 heteroatoms. The normalized spacial score (nSPS) is 9.76. The lowest BCUT2D eigenvalue weighted by Gasteiger charge is -2.12. The van der Waals surface area contributed by atoms with Crippen LogP contribution in [-0.2, 0) is 4.79 Å². The van der Waals surface area contributed by atoms with Gasteiger partial charge in [-0.1, -0.05) is 18.2 Å². The minimum Gasteiger partial charge on any atom is -0.376 e. The highest BCUT2D eigenvalue weighted by atomic mass is 16.1. The number of amides is 1. The molecule has 2 aromatic rings. The third-order valence-electron chi connectivity index (χ3n) is 3.20. The number of hydrogen-bond acceptors (Lipinski definition) is 3. The fourth-order valence-electron chi connectivity index (χ4n) is 2.10. The first kappa shape index (κ1) is 14.6. The number of nitrogens with one attached hydrogen (secondary N) is 2. The molecule has 0 atom stereocenters. The van der Waals surface area contributed by atoms with Crippen molar-refractivity contribution in [2.75, 3.05) is 17.2 Å². The fraction of sp³-hybridized carbons (Fsp3) is 0.176. The largest absolute Gasteiger partial charge is 0.376 e. The highest BCUT2D eigenvalue weighted by molar-refractivity contribution is 5.94. The van der Waals surface area contributed by atoms with E-state index < -0.39 is 0 Å². The molecule has 21 heavy (non-hydrogen) atoms. The highest BCUT2D eigenvalue weighted by Gasteiger charge is 2.05. The standard InChI is InChI=1S/C17H17N3O/c1-12-4-3-5-13(2)17(12)19-11-16(21)20-15-8-6-14(10-18)7-9-15/h3-9,19H,11H2,1-2H3,(H,20,21). The molecule has 0 radical (unpaired) electrons. The van der Waals surface area contributed by atoms with E-state index in [1.807, 2.05) is 38.1 Å². The average molecular weight is 279 g/mol. The zero-order valence-corrected chi connectivity index (χ0v) is 12.1. The summed E-state index contributed by atoms with van der Waals surface area (Å²) in [6, 6.07) is 14.8. The Balaban J connectivity index is 1.94. The maximum absolute atomic E-state index is 11.9. The molecule has 0 aliphatic carbocycles. The monoisotopic (exact) mass is 279 g/mol. The van der Waals surface area contributed by atoms with Crippen molar-refractivity contribution in [3.8, 4) is 6.07 Å². The molecule has 0 fully saturated rings. The van der Waals surface area contributed by atoms with Crippen molar-refractivity contribution in [1.82, 2.24) is 0 Å². The smallest absolute Gasteiger partial charge is 0.243 e. The lowest BCUT2D eigenvalue weighted by atomic mass is 10.1. The van der Waals surface area contributed by atoms with E-state index in [1.54, 1.807) is 24.3 Å². The van der Waals surface area contributed by atoms with Crippen LogP contribution in [0.3, 0.4) is 0 Å². The van der Waals surface area contributed by atoms with E-state index in [2.05, 4.69) is 10.6 Å². The Kier molecular flexibility index (Phi) is 4.57. The quantitative estimate of drug-likeness (QED) is 0.903. The lowest BCUT2D eigenvalue weighted by molar-refractivity contribution is -0.114. The van der Waals surface area contributed by atoms with E-state index in [0.29, 0.717) is 11.3 Å². The van der Waals surface area contributed by atoms with Crippen LogP contribution in [0.25, 0.3) is 0 Å². The Bertz CT molecular complexity index is 664. The van der Waals surface area contributed by atoms with E-state index in [9.17, 15) is 4.79 Å². The van der Waals surface area contributed by atoms with Gasteiger partial charge in [-0.2, -0.15) is 5.26 Å². The molecule has 0 aliphatic rings. The van der Waals surface area contributed by atoms with Crippen LogP contribution < -0.4 is 10.6 Å². The Labute approximate surface area is 124 Å². The van der Waals surface area contributed by atoms with Gasteiger partial charge in [-0.15, -0.1) is 0 Å². The molecule has 0 bridgehead atoms. The number of rotatable bonds is 4. The topological polar surface area (TPSA) is 64.9 Å². The fourth-order valence-corrected chi connectivity index (χ4v) is 2.10. The summed E-state index contributed by atoms with van der Waals surface area (Å²) in [4.78, 5) is 11.9. The molecule has 2 rings (SSSR count). The average Bonchev–Trinajstić information content (AvgIpc) is 2.47. The van der Waals surface area contributed by atoms with E-state index in [1.165, 1.54) is 0 Å². The summed E-state index contributed by atoms with van der Waals surface area (Å²) in [5.74, 6) is -0.123. The molecule has 0 saturated heterocycles. The van der Waals surface area contributed by atoms with Crippen LogP contribution in [-0.4, -0.2) is 12.5 Å². The van der Waals surface area contributed by atoms with Gasteiger partial charge in [0.05, 0.1) is 18.2 Å². The summed E-state index contributed by atoms with van der Waals surface area (Å²) >= 11 is 0. The predicted octanol–water partition coefficient (Wildman–Crippen LogP) is 3.23. The molecule has 2 N–H and O–H groups in total. The number of nitriles is 1. The summed E-state index contributed by atoms with van der Waals surface area (Å²) in [5, 5.41) is 14.7. The molecule has 0 aliphatic heterocycles. The molecule has 1 amide bonds. The van der Waals surface area contributed by atoms with Crippen LogP contribution >= 0.6 is 0 Å². The first-order valence-electron chi connectivity index (χ1n) is 6.70. The van der Waals surface area contributed by atoms with Gasteiger partial charge in [0, 0.05) is 11.4 Å². The van der Waals surface area contributed by atoms with Gasteiger partial charge in [0.25, 0.3) is 0 Å². The van der Waals surface area contributed by atoms with Crippen molar-refractivity contribution in [1.29, 1.82) is 5.26 Å². The molecule has 2 aromatic carbocycles. The van der Waals surface area contributed by atoms with E-state index >= 15 is 0 Å². The van der Waals surface area contributed by atoms with Gasteiger partial charge in [0.1, 0.15) is 0 Å². The first-order valence-corrected chi connectivity index (χ1v) is 6.70. The van der Waals surface area contributed by atoms with Crippen molar-refractivity contribution in [3.63, 3.8) is 0 Å². The summed E-state index contributed by atoms with van der Waals surface area (Å²) in [6.07, 6.45) is 0. The molecule has 0 aromatic heterocycles. The van der Waals surface area contributed by atoms with Gasteiger partial charge < -0.3 is 10.6 Å². The number of benzene rings is 2. The second-order valence-electron chi connectivity index (χ2n) is 4.86. The van der Waals surface area contributed by atoms with Crippen molar-refractivity contribution in [2.45, 2.75) is 13.8 Å². The van der Waals surface area contributed by atoms with Gasteiger partial charge in [0.2, 0.25) is 5.91 Å². The number of carbonyl (C=O) groups is 1. The van der Waals surface area contributed by atoms with Crippen LogP contribution in [0.15, 0.2) is 42.5 Å². The zero-order valence-electron chi connectivity index (χ0n) is 12.1. The van der Waals surface area contributed by atoms with Crippen LogP contribution in [0.1, 0.15) is 16.7 Å². The summed E-state index contributed by atoms with van der Waals surface area (Å²) < 4.78 is 0. The second kappa shape index (κ2) is 6.58. The van der Waals surface area contributed by atoms with Crippen molar-refractivity contribution in [3.05, 3.63) is 59.2 Å². The van der Waals surface area contributed by atoms with Crippen LogP contribution in [0.2, 0.25) is 0 Å². The molecule has 4 nitrogen and oxygen atoms in total. The minimum atomic E-state index is -0.123. The maximum atomic E-state index is 11.9. The van der Waals surface area contributed by atoms with E-state index in [-0.39, 0.29) is 12.5 Å². The summed E-state index contributed by atoms with van der Waals surface area (Å²) in [5.41, 5.74) is 4.47. The third-order valence-corrected chi connectivity index (χ3v) is 3.20. The Morgan fingerprint density at radius 1 is 1.10 bits per heavy atom. The minimum absolute atomic E-state index is 0.123. The van der Waals surface area contributed by atoms with Crippen LogP contribution in [0.4, 0.5) is 11.4 Å². The van der Waals surface area contributed by atoms with Gasteiger partial charge in [-0.3, -0.25) is 4.79 Å². The number of anilines is 2. The van der Waals surface area contributed by atoms with Gasteiger partial charge in [-0.25, -0.2) is 0 Å². The lowest BCUT2D eigenvalue weighted by Crippen LogP contribution is -2.22. The van der Waals surface area contributed by atoms with Crippen molar-refractivity contribution >= 4 is 17.3 Å². The number of nitrogens with zero attached hydrogens (tertiary/aromatic N) is 1. The van der Waals surface area contributed by atoms with Crippen LogP contribution in [0.5, 0.6) is 0 Å². The van der Waals surface area contributed by atoms with E-state index in [4.69, 9.17) is 5.26 Å². The van der Waals surface area contributed by atoms with E-state index in [0.717, 1.165) is 16.8 Å². The number of hydrogen-bond donors (Lipinski definition) is 2. The van der Waals surface area contributed by atoms with Gasteiger partial charge >= 0.3 is 0 Å². The van der Waals surface area contributed by atoms with Gasteiger partial charge in [-0.05, 0) is 49.2 Å². The zero-order chi connectivity index (χ0) is 15.2. The Morgan fingerprint density at radius 3 is 2.29 bits per heavy atom. The molecule has 0 spiro atoms. The molecule has 106 valence electrons. The third kappa shape index (κ3) is 3.83. The predicted molar refractivity (Wildman–Crippen MR) is 84.2 cm³/mol. The van der Waals surface area contributed by atoms with Crippen LogP contribution in [0, 0.1) is 25.2 Å². The SMILES string of the molecule is Cc1cccc(C)c1NCC(=O)Nc1ccc(C#N)cc1.